The zero-order chi connectivity index (χ0) is 19.9. The topological polar surface area (TPSA) is 40.6 Å². The van der Waals surface area contributed by atoms with E-state index in [2.05, 4.69) is 24.0 Å². The van der Waals surface area contributed by atoms with E-state index in [1.165, 1.54) is 9.87 Å². The van der Waals surface area contributed by atoms with E-state index in [1.54, 1.807) is 0 Å². The van der Waals surface area contributed by atoms with E-state index in [0.29, 0.717) is 31.1 Å². The van der Waals surface area contributed by atoms with E-state index in [9.17, 15) is 17.2 Å². The minimum Gasteiger partial charge on any atom is -0.299 e. The predicted molar refractivity (Wildman–Crippen MR) is 103 cm³/mol. The van der Waals surface area contributed by atoms with Gasteiger partial charge in [0, 0.05) is 44.2 Å². The molecule has 0 unspecified atom stereocenters. The minimum absolute atomic E-state index is 0.268. The zero-order valence-electron chi connectivity index (χ0n) is 15.8. The summed E-state index contributed by atoms with van der Waals surface area (Å²) in [5, 5.41) is 0. The monoisotopic (exact) mass is 406 g/mol. The standard InChI is InChI=1S/C21H24F2N2O2S/c1-15(16-5-3-2-4-6-16)12-24-13-17-14-25(8-7-21(17)24)28(26,27)20-10-18(22)9-19(23)11-20/h2-6,9-11,15,17,21H,7-8,12-14H2,1H3/t15-,17-,21+/m1/s1. The van der Waals surface area contributed by atoms with Crippen molar-refractivity contribution in [2.75, 3.05) is 26.2 Å². The second kappa shape index (κ2) is 7.54. The maximum Gasteiger partial charge on any atom is 0.243 e. The first-order chi connectivity index (χ1) is 13.3. The highest BCUT2D eigenvalue weighted by Gasteiger charge is 2.45. The molecule has 2 aliphatic rings. The Bertz CT molecular complexity index is 932. The summed E-state index contributed by atoms with van der Waals surface area (Å²) in [4.78, 5) is 2.12. The van der Waals surface area contributed by atoms with Gasteiger partial charge in [0.25, 0.3) is 0 Å². The van der Waals surface area contributed by atoms with Crippen LogP contribution in [0.1, 0.15) is 24.8 Å². The molecule has 4 rings (SSSR count). The molecule has 0 aromatic heterocycles. The second-order valence-corrected chi connectivity index (χ2v) is 9.79. The van der Waals surface area contributed by atoms with Crippen molar-refractivity contribution >= 4 is 10.0 Å². The van der Waals surface area contributed by atoms with Crippen LogP contribution in [0.4, 0.5) is 8.78 Å². The number of sulfonamides is 1. The van der Waals surface area contributed by atoms with Crippen molar-refractivity contribution in [3.8, 4) is 0 Å². The molecule has 0 amide bonds. The van der Waals surface area contributed by atoms with Crippen LogP contribution in [0.3, 0.4) is 0 Å². The number of nitrogens with zero attached hydrogens (tertiary/aromatic N) is 2. The molecule has 0 radical (unpaired) electrons. The van der Waals surface area contributed by atoms with E-state index in [1.807, 2.05) is 18.2 Å². The Morgan fingerprint density at radius 1 is 1.07 bits per heavy atom. The quantitative estimate of drug-likeness (QED) is 0.764. The molecule has 3 atom stereocenters. The van der Waals surface area contributed by atoms with Crippen LogP contribution in [-0.4, -0.2) is 49.8 Å². The fraction of sp³-hybridized carbons (Fsp3) is 0.429. The van der Waals surface area contributed by atoms with Crippen LogP contribution in [0.25, 0.3) is 0 Å². The van der Waals surface area contributed by atoms with Gasteiger partial charge in [0.2, 0.25) is 10.0 Å². The first-order valence-corrected chi connectivity index (χ1v) is 11.0. The molecule has 2 aliphatic heterocycles. The van der Waals surface area contributed by atoms with Gasteiger partial charge in [-0.25, -0.2) is 17.2 Å². The highest BCUT2D eigenvalue weighted by molar-refractivity contribution is 7.89. The highest BCUT2D eigenvalue weighted by atomic mass is 32.2. The molecular weight excluding hydrogens is 382 g/mol. The van der Waals surface area contributed by atoms with E-state index in [0.717, 1.165) is 31.6 Å². The second-order valence-electron chi connectivity index (χ2n) is 7.85. The Hall–Kier alpha value is -1.83. The van der Waals surface area contributed by atoms with E-state index in [4.69, 9.17) is 0 Å². The van der Waals surface area contributed by atoms with Gasteiger partial charge in [-0.05, 0) is 30.0 Å². The molecule has 0 aliphatic carbocycles. The fourth-order valence-electron chi connectivity index (χ4n) is 4.44. The van der Waals surface area contributed by atoms with Crippen molar-refractivity contribution in [1.82, 2.24) is 9.21 Å². The molecule has 2 aromatic rings. The number of benzene rings is 2. The van der Waals surface area contributed by atoms with E-state index in [-0.39, 0.29) is 10.8 Å². The number of halogens is 2. The third-order valence-corrected chi connectivity index (χ3v) is 7.79. The Balaban J connectivity index is 1.39. The Morgan fingerprint density at radius 2 is 1.75 bits per heavy atom. The molecule has 0 N–H and O–H groups in total. The van der Waals surface area contributed by atoms with Gasteiger partial charge in [-0.15, -0.1) is 0 Å². The van der Waals surface area contributed by atoms with Gasteiger partial charge < -0.3 is 0 Å². The smallest absolute Gasteiger partial charge is 0.243 e. The van der Waals surface area contributed by atoms with Gasteiger partial charge in [0.1, 0.15) is 11.6 Å². The lowest BCUT2D eigenvalue weighted by Crippen LogP contribution is -2.64. The van der Waals surface area contributed by atoms with E-state index >= 15 is 0 Å². The van der Waals surface area contributed by atoms with Crippen LogP contribution in [0.2, 0.25) is 0 Å². The van der Waals surface area contributed by atoms with Gasteiger partial charge in [-0.1, -0.05) is 37.3 Å². The summed E-state index contributed by atoms with van der Waals surface area (Å²) in [6, 6.07) is 13.2. The van der Waals surface area contributed by atoms with Crippen LogP contribution in [0.15, 0.2) is 53.4 Å². The fourth-order valence-corrected chi connectivity index (χ4v) is 5.99. The van der Waals surface area contributed by atoms with Crippen LogP contribution < -0.4 is 0 Å². The summed E-state index contributed by atoms with van der Waals surface area (Å²) in [5.74, 6) is -1.07. The van der Waals surface area contributed by atoms with Crippen LogP contribution in [0, 0.1) is 17.6 Å². The maximum atomic E-state index is 13.5. The summed E-state index contributed by atoms with van der Waals surface area (Å²) in [5.41, 5.74) is 1.30. The van der Waals surface area contributed by atoms with Crippen molar-refractivity contribution in [3.05, 3.63) is 65.7 Å². The van der Waals surface area contributed by atoms with Crippen molar-refractivity contribution < 1.29 is 17.2 Å². The van der Waals surface area contributed by atoms with Crippen LogP contribution >= 0.6 is 0 Å². The maximum absolute atomic E-state index is 13.5. The van der Waals surface area contributed by atoms with Crippen molar-refractivity contribution in [3.63, 3.8) is 0 Å². The molecule has 4 nitrogen and oxygen atoms in total. The molecule has 7 heteroatoms. The summed E-state index contributed by atoms with van der Waals surface area (Å²) in [6.45, 7) is 4.79. The summed E-state index contributed by atoms with van der Waals surface area (Å²) >= 11 is 0. The molecule has 2 fully saturated rings. The summed E-state index contributed by atoms with van der Waals surface area (Å²) in [6.07, 6.45) is 0.739. The SMILES string of the molecule is C[C@H](CN1C[C@@H]2CN(S(=O)(=O)c3cc(F)cc(F)c3)CC[C@@H]21)c1ccccc1. The van der Waals surface area contributed by atoms with Gasteiger partial charge in [-0.3, -0.25) is 4.90 Å². The third-order valence-electron chi connectivity index (χ3n) is 5.95. The average Bonchev–Trinajstić information content (AvgIpc) is 2.65. The van der Waals surface area contributed by atoms with Gasteiger partial charge >= 0.3 is 0 Å². The first kappa shape index (κ1) is 19.5. The molecule has 2 saturated heterocycles. The number of likely N-dealkylation sites (tertiary alicyclic amines) is 1. The Kier molecular flexibility index (Phi) is 5.24. The lowest BCUT2D eigenvalue weighted by atomic mass is 9.82. The van der Waals surface area contributed by atoms with Gasteiger partial charge in [0.05, 0.1) is 4.90 Å². The van der Waals surface area contributed by atoms with Crippen LogP contribution in [0.5, 0.6) is 0 Å². The average molecular weight is 406 g/mol. The molecule has 0 spiro atoms. The number of hydrogen-bond acceptors (Lipinski definition) is 3. The molecule has 28 heavy (non-hydrogen) atoms. The molecule has 150 valence electrons. The molecular formula is C21H24F2N2O2S. The van der Waals surface area contributed by atoms with Gasteiger partial charge in [0.15, 0.2) is 0 Å². The van der Waals surface area contributed by atoms with Crippen molar-refractivity contribution in [1.29, 1.82) is 0 Å². The molecule has 0 bridgehead atoms. The zero-order valence-corrected chi connectivity index (χ0v) is 16.6. The number of rotatable bonds is 5. The lowest BCUT2D eigenvalue weighted by Gasteiger charge is -2.53. The normalized spacial score (nSPS) is 24.4. The van der Waals surface area contributed by atoms with E-state index < -0.39 is 21.7 Å². The number of piperidine rings is 1. The Morgan fingerprint density at radius 3 is 2.39 bits per heavy atom. The highest BCUT2D eigenvalue weighted by Crippen LogP contribution is 2.36. The van der Waals surface area contributed by atoms with Crippen LogP contribution in [-0.2, 0) is 10.0 Å². The first-order valence-electron chi connectivity index (χ1n) is 9.60. The molecule has 0 saturated carbocycles. The number of fused-ring (bicyclic) bond motifs is 1. The van der Waals surface area contributed by atoms with Gasteiger partial charge in [-0.2, -0.15) is 4.31 Å². The predicted octanol–water partition coefficient (Wildman–Crippen LogP) is 3.46. The minimum atomic E-state index is -3.88. The number of hydrogen-bond donors (Lipinski definition) is 0. The summed E-state index contributed by atoms with van der Waals surface area (Å²) < 4.78 is 53.9. The molecule has 2 aromatic carbocycles. The lowest BCUT2D eigenvalue weighted by molar-refractivity contribution is -0.0272. The molecule has 2 heterocycles. The Labute approximate surface area is 164 Å². The van der Waals surface area contributed by atoms with Crippen molar-refractivity contribution in [2.45, 2.75) is 30.2 Å². The largest absolute Gasteiger partial charge is 0.299 e. The van der Waals surface area contributed by atoms with Crippen molar-refractivity contribution in [2.24, 2.45) is 5.92 Å². The summed E-state index contributed by atoms with van der Waals surface area (Å²) in [7, 11) is -3.88. The third kappa shape index (κ3) is 3.71.